The number of carboxylic acids is 1. The summed E-state index contributed by atoms with van der Waals surface area (Å²) in [5.41, 5.74) is 4.30. The number of aromatic nitrogens is 4. The Balaban J connectivity index is 1.51. The van der Waals surface area contributed by atoms with E-state index in [0.717, 1.165) is 55.0 Å². The fourth-order valence-electron chi connectivity index (χ4n) is 4.16. The summed E-state index contributed by atoms with van der Waals surface area (Å²) in [6.45, 7) is 4.66. The highest BCUT2D eigenvalue weighted by Gasteiger charge is 2.31. The summed E-state index contributed by atoms with van der Waals surface area (Å²) in [4.78, 5) is 29.1. The van der Waals surface area contributed by atoms with Crippen molar-refractivity contribution in [2.75, 3.05) is 13.1 Å². The molecule has 0 bridgehead atoms. The summed E-state index contributed by atoms with van der Waals surface area (Å²) < 4.78 is 0. The van der Waals surface area contributed by atoms with E-state index < -0.39 is 5.97 Å². The van der Waals surface area contributed by atoms with Crippen molar-refractivity contribution in [2.24, 2.45) is 11.8 Å². The lowest BCUT2D eigenvalue weighted by molar-refractivity contribution is -0.139. The third-order valence-corrected chi connectivity index (χ3v) is 5.50. The Morgan fingerprint density at radius 3 is 3.04 bits per heavy atom. The van der Waals surface area contributed by atoms with Gasteiger partial charge in [-0.25, -0.2) is 9.97 Å². The van der Waals surface area contributed by atoms with Crippen LogP contribution >= 0.6 is 0 Å². The van der Waals surface area contributed by atoms with Crippen LogP contribution in [0.2, 0.25) is 0 Å². The second kappa shape index (κ2) is 7.52. The van der Waals surface area contributed by atoms with Gasteiger partial charge >= 0.3 is 5.97 Å². The Hall–Kier alpha value is -2.67. The second-order valence-corrected chi connectivity index (χ2v) is 7.63. The molecule has 2 atom stereocenters. The van der Waals surface area contributed by atoms with Crippen molar-refractivity contribution in [3.05, 3.63) is 47.8 Å². The first-order valence-corrected chi connectivity index (χ1v) is 9.43. The number of fused-ring (bicyclic) bond motifs is 1. The Morgan fingerprint density at radius 2 is 2.26 bits per heavy atom. The average molecular weight is 367 g/mol. The van der Waals surface area contributed by atoms with Crippen LogP contribution in [0.15, 0.2) is 30.7 Å². The molecule has 3 aromatic rings. The normalized spacial score (nSPS) is 20.9. The van der Waals surface area contributed by atoms with E-state index >= 15 is 0 Å². The molecule has 1 fully saturated rings. The maximum Gasteiger partial charge on any atom is 0.303 e. The number of H-pyrrole nitrogens is 2. The maximum absolute atomic E-state index is 11.3. The first-order valence-electron chi connectivity index (χ1n) is 9.43. The van der Waals surface area contributed by atoms with Crippen molar-refractivity contribution in [1.29, 1.82) is 0 Å². The van der Waals surface area contributed by atoms with E-state index in [1.54, 1.807) is 6.33 Å². The van der Waals surface area contributed by atoms with Gasteiger partial charge in [-0.1, -0.05) is 6.07 Å². The number of carboxylic acid groups (broad SMARTS) is 1. The highest BCUT2D eigenvalue weighted by atomic mass is 16.4. The van der Waals surface area contributed by atoms with E-state index in [4.69, 9.17) is 4.98 Å². The average Bonchev–Trinajstić information content (AvgIpc) is 3.25. The number of nitrogens with zero attached hydrogens (tertiary/aromatic N) is 3. The van der Waals surface area contributed by atoms with Crippen molar-refractivity contribution in [2.45, 2.75) is 32.7 Å². The highest BCUT2D eigenvalue weighted by molar-refractivity contribution is 5.75. The van der Waals surface area contributed by atoms with Gasteiger partial charge < -0.3 is 15.1 Å². The predicted octanol–water partition coefficient (Wildman–Crippen LogP) is 2.75. The van der Waals surface area contributed by atoms with Gasteiger partial charge in [-0.2, -0.15) is 0 Å². The van der Waals surface area contributed by atoms with Gasteiger partial charge in [-0.3, -0.25) is 9.69 Å². The summed E-state index contributed by atoms with van der Waals surface area (Å²) >= 11 is 0. The number of aliphatic carboxylic acids is 1. The second-order valence-electron chi connectivity index (χ2n) is 7.63. The molecule has 0 amide bonds. The molecule has 0 aliphatic carbocycles. The Bertz CT molecular complexity index is 918. The van der Waals surface area contributed by atoms with Gasteiger partial charge in [0.15, 0.2) is 0 Å². The van der Waals surface area contributed by atoms with Crippen LogP contribution in [0.25, 0.3) is 11.0 Å². The van der Waals surface area contributed by atoms with Gasteiger partial charge in [0.1, 0.15) is 5.82 Å². The molecular weight excluding hydrogens is 342 g/mol. The number of piperidine rings is 1. The summed E-state index contributed by atoms with van der Waals surface area (Å²) in [5, 5.41) is 9.32. The number of carbonyl (C=O) groups is 1. The van der Waals surface area contributed by atoms with Gasteiger partial charge in [-0.05, 0) is 49.4 Å². The zero-order valence-electron chi connectivity index (χ0n) is 15.5. The van der Waals surface area contributed by atoms with Crippen LogP contribution in [-0.2, 0) is 17.8 Å². The van der Waals surface area contributed by atoms with Crippen molar-refractivity contribution in [1.82, 2.24) is 24.8 Å². The number of benzene rings is 1. The Labute approximate surface area is 157 Å². The number of nitrogens with one attached hydrogen (secondary N) is 2. The summed E-state index contributed by atoms with van der Waals surface area (Å²) in [5.74, 6) is 0.668. The number of likely N-dealkylation sites (tertiary alicyclic amines) is 1. The van der Waals surface area contributed by atoms with Crippen LogP contribution < -0.4 is 0 Å². The molecule has 7 heteroatoms. The number of imidazole rings is 2. The fraction of sp³-hybridized carbons (Fsp3) is 0.450. The van der Waals surface area contributed by atoms with Crippen LogP contribution in [0.5, 0.6) is 0 Å². The zero-order chi connectivity index (χ0) is 18.8. The molecule has 2 aromatic heterocycles. The van der Waals surface area contributed by atoms with E-state index in [0.29, 0.717) is 0 Å². The molecule has 1 aromatic carbocycles. The number of aromatic amines is 2. The van der Waals surface area contributed by atoms with Gasteiger partial charge in [-0.15, -0.1) is 0 Å². The number of hydrogen-bond acceptors (Lipinski definition) is 4. The molecule has 2 unspecified atom stereocenters. The lowest BCUT2D eigenvalue weighted by Crippen LogP contribution is -2.41. The van der Waals surface area contributed by atoms with Gasteiger partial charge in [0.2, 0.25) is 0 Å². The van der Waals surface area contributed by atoms with E-state index in [-0.39, 0.29) is 18.3 Å². The molecule has 3 N–H and O–H groups in total. The van der Waals surface area contributed by atoms with Crippen LogP contribution in [0.3, 0.4) is 0 Å². The maximum atomic E-state index is 11.3. The van der Waals surface area contributed by atoms with Crippen molar-refractivity contribution in [3.8, 4) is 0 Å². The minimum absolute atomic E-state index is 0.176. The van der Waals surface area contributed by atoms with E-state index in [1.165, 1.54) is 5.56 Å². The Morgan fingerprint density at radius 1 is 1.37 bits per heavy atom. The molecule has 1 saturated heterocycles. The van der Waals surface area contributed by atoms with Crippen LogP contribution in [0.1, 0.15) is 29.9 Å². The summed E-state index contributed by atoms with van der Waals surface area (Å²) in [6.07, 6.45) is 5.43. The summed E-state index contributed by atoms with van der Waals surface area (Å²) in [7, 11) is 0. The molecule has 0 saturated carbocycles. The topological polar surface area (TPSA) is 97.9 Å². The van der Waals surface area contributed by atoms with Gasteiger partial charge in [0.05, 0.1) is 17.4 Å². The molecule has 0 spiro atoms. The fourth-order valence-corrected chi connectivity index (χ4v) is 4.16. The van der Waals surface area contributed by atoms with E-state index in [2.05, 4.69) is 38.9 Å². The molecule has 1 aliphatic heterocycles. The lowest BCUT2D eigenvalue weighted by atomic mass is 9.81. The van der Waals surface area contributed by atoms with Gasteiger partial charge in [0.25, 0.3) is 0 Å². The van der Waals surface area contributed by atoms with Crippen LogP contribution in [0.4, 0.5) is 0 Å². The van der Waals surface area contributed by atoms with Crippen LogP contribution in [0, 0.1) is 18.8 Å². The SMILES string of the molecule is Cc1ccc2nc(CC3CN(Cc4cnc[nH]4)CCC3CC(=O)O)[nH]c2c1. The lowest BCUT2D eigenvalue weighted by Gasteiger charge is -2.37. The van der Waals surface area contributed by atoms with Crippen LogP contribution in [-0.4, -0.2) is 49.0 Å². The minimum atomic E-state index is -0.716. The van der Waals surface area contributed by atoms with Crippen molar-refractivity contribution in [3.63, 3.8) is 0 Å². The minimum Gasteiger partial charge on any atom is -0.481 e. The number of hydrogen-bond donors (Lipinski definition) is 3. The first kappa shape index (κ1) is 17.7. The molecule has 142 valence electrons. The van der Waals surface area contributed by atoms with E-state index in [1.807, 2.05) is 12.3 Å². The van der Waals surface area contributed by atoms with E-state index in [9.17, 15) is 9.90 Å². The quantitative estimate of drug-likeness (QED) is 0.622. The zero-order valence-corrected chi connectivity index (χ0v) is 15.5. The standard InChI is InChI=1S/C20H25N5O2/c1-13-2-3-17-18(6-13)24-19(23-17)7-15-10-25(11-16-9-21-12-22-16)5-4-14(15)8-20(26)27/h2-3,6,9,12,14-15H,4-5,7-8,10-11H2,1H3,(H,21,22)(H,23,24)(H,26,27). The van der Waals surface area contributed by atoms with Crippen molar-refractivity contribution < 1.29 is 9.90 Å². The van der Waals surface area contributed by atoms with Crippen molar-refractivity contribution >= 4 is 17.0 Å². The third-order valence-electron chi connectivity index (χ3n) is 5.50. The van der Waals surface area contributed by atoms with Gasteiger partial charge in [0, 0.05) is 37.8 Å². The first-order chi connectivity index (χ1) is 13.1. The molecule has 3 heterocycles. The third kappa shape index (κ3) is 4.19. The molecule has 4 rings (SSSR count). The molecule has 27 heavy (non-hydrogen) atoms. The predicted molar refractivity (Wildman–Crippen MR) is 102 cm³/mol. The molecule has 7 nitrogen and oxygen atoms in total. The molecule has 0 radical (unpaired) electrons. The smallest absolute Gasteiger partial charge is 0.303 e. The number of rotatable bonds is 6. The molecule has 1 aliphatic rings. The Kier molecular flexibility index (Phi) is 4.94. The monoisotopic (exact) mass is 367 g/mol. The highest BCUT2D eigenvalue weighted by Crippen LogP contribution is 2.30. The molecular formula is C20H25N5O2. The summed E-state index contributed by atoms with van der Waals surface area (Å²) in [6, 6.07) is 6.20. The number of aryl methyl sites for hydroxylation is 1. The largest absolute Gasteiger partial charge is 0.481 e.